The smallest absolute Gasteiger partial charge is 0.335 e. The van der Waals surface area contributed by atoms with E-state index in [2.05, 4.69) is 5.32 Å². The number of carboxylic acids is 1. The number of ether oxygens (including phenoxy) is 1. The molecular weight excluding hydrogens is 258 g/mol. The van der Waals surface area contributed by atoms with Gasteiger partial charge < -0.3 is 15.2 Å². The summed E-state index contributed by atoms with van der Waals surface area (Å²) in [4.78, 5) is 22.5. The molecule has 5 heteroatoms. The van der Waals surface area contributed by atoms with Crippen LogP contribution in [0.1, 0.15) is 29.3 Å². The van der Waals surface area contributed by atoms with E-state index in [1.165, 1.54) is 0 Å². The van der Waals surface area contributed by atoms with Crippen molar-refractivity contribution in [2.75, 3.05) is 13.2 Å². The van der Waals surface area contributed by atoms with Crippen molar-refractivity contribution < 1.29 is 19.4 Å². The Morgan fingerprint density at radius 1 is 1.35 bits per heavy atom. The summed E-state index contributed by atoms with van der Waals surface area (Å²) in [6.45, 7) is 3.12. The fourth-order valence-corrected chi connectivity index (χ4v) is 2.12. The van der Waals surface area contributed by atoms with Crippen LogP contribution < -0.4 is 5.32 Å². The zero-order valence-corrected chi connectivity index (χ0v) is 11.5. The molecule has 2 N–H and O–H groups in total. The van der Waals surface area contributed by atoms with E-state index in [4.69, 9.17) is 9.84 Å². The van der Waals surface area contributed by atoms with Crippen molar-refractivity contribution in [1.82, 2.24) is 5.32 Å². The number of nitrogens with one attached hydrogen (secondary N) is 1. The van der Waals surface area contributed by atoms with Gasteiger partial charge >= 0.3 is 5.97 Å². The van der Waals surface area contributed by atoms with Crippen molar-refractivity contribution in [3.05, 3.63) is 35.4 Å². The Morgan fingerprint density at radius 3 is 2.65 bits per heavy atom. The number of benzene rings is 1. The molecule has 5 nitrogen and oxygen atoms in total. The first kappa shape index (κ1) is 14.5. The molecule has 1 aromatic carbocycles. The van der Waals surface area contributed by atoms with Gasteiger partial charge in [0.05, 0.1) is 17.6 Å². The van der Waals surface area contributed by atoms with E-state index >= 15 is 0 Å². The lowest BCUT2D eigenvalue weighted by Gasteiger charge is -2.05. The van der Waals surface area contributed by atoms with Crippen molar-refractivity contribution in [1.29, 1.82) is 0 Å². The number of aromatic carboxylic acids is 1. The summed E-state index contributed by atoms with van der Waals surface area (Å²) in [5, 5.41) is 11.7. The van der Waals surface area contributed by atoms with Crippen LogP contribution in [0.5, 0.6) is 0 Å². The van der Waals surface area contributed by atoms with Crippen molar-refractivity contribution in [3.63, 3.8) is 0 Å². The zero-order chi connectivity index (χ0) is 14.5. The van der Waals surface area contributed by atoms with Gasteiger partial charge in [-0.05, 0) is 37.5 Å². The average molecular weight is 277 g/mol. The summed E-state index contributed by atoms with van der Waals surface area (Å²) in [6.07, 6.45) is 1.60. The first-order chi connectivity index (χ1) is 9.61. The first-order valence-corrected chi connectivity index (χ1v) is 6.83. The second-order valence-electron chi connectivity index (χ2n) is 4.88. The molecule has 0 bridgehead atoms. The van der Waals surface area contributed by atoms with Crippen LogP contribution >= 0.6 is 0 Å². The van der Waals surface area contributed by atoms with E-state index in [1.807, 2.05) is 6.92 Å². The maximum atomic E-state index is 11.8. The van der Waals surface area contributed by atoms with Gasteiger partial charge in [0.25, 0.3) is 0 Å². The average Bonchev–Trinajstić information content (AvgIpc) is 3.19. The Kier molecular flexibility index (Phi) is 4.74. The minimum absolute atomic E-state index is 0.00402. The second kappa shape index (κ2) is 6.52. The van der Waals surface area contributed by atoms with Gasteiger partial charge in [0.15, 0.2) is 0 Å². The lowest BCUT2D eigenvalue weighted by Crippen LogP contribution is -2.28. The molecule has 108 valence electrons. The number of amides is 1. The van der Waals surface area contributed by atoms with Gasteiger partial charge in [-0.3, -0.25) is 4.79 Å². The molecule has 2 atom stereocenters. The number of carbonyl (C=O) groups is 2. The highest BCUT2D eigenvalue weighted by molar-refractivity contribution is 5.87. The summed E-state index contributed by atoms with van der Waals surface area (Å²) in [5.41, 5.74) is 1.28. The molecule has 0 spiro atoms. The van der Waals surface area contributed by atoms with Crippen molar-refractivity contribution in [3.8, 4) is 0 Å². The second-order valence-corrected chi connectivity index (χ2v) is 4.88. The van der Waals surface area contributed by atoms with E-state index in [-0.39, 0.29) is 23.5 Å². The third-order valence-corrected chi connectivity index (χ3v) is 3.36. The molecule has 1 aromatic rings. The Bertz CT molecular complexity index is 483. The Morgan fingerprint density at radius 2 is 2.05 bits per heavy atom. The molecule has 0 heterocycles. The van der Waals surface area contributed by atoms with Crippen LogP contribution in [0.2, 0.25) is 0 Å². The molecule has 1 saturated carbocycles. The van der Waals surface area contributed by atoms with Crippen LogP contribution in [-0.2, 0) is 16.0 Å². The maximum absolute atomic E-state index is 11.8. The fraction of sp³-hybridized carbons (Fsp3) is 0.467. The molecule has 1 fully saturated rings. The molecule has 0 unspecified atom stereocenters. The lowest BCUT2D eigenvalue weighted by molar-refractivity contribution is -0.123. The van der Waals surface area contributed by atoms with Crippen LogP contribution in [0.25, 0.3) is 0 Å². The van der Waals surface area contributed by atoms with Gasteiger partial charge in [-0.1, -0.05) is 12.1 Å². The van der Waals surface area contributed by atoms with Crippen LogP contribution in [0.15, 0.2) is 24.3 Å². The Labute approximate surface area is 117 Å². The normalized spacial score (nSPS) is 20.4. The van der Waals surface area contributed by atoms with Gasteiger partial charge in [-0.15, -0.1) is 0 Å². The van der Waals surface area contributed by atoms with Crippen molar-refractivity contribution in [2.24, 2.45) is 5.92 Å². The van der Waals surface area contributed by atoms with Gasteiger partial charge in [0.1, 0.15) is 0 Å². The van der Waals surface area contributed by atoms with Gasteiger partial charge in [0, 0.05) is 13.2 Å². The molecule has 0 aromatic heterocycles. The highest BCUT2D eigenvalue weighted by Crippen LogP contribution is 2.33. The first-order valence-electron chi connectivity index (χ1n) is 6.83. The minimum atomic E-state index is -0.930. The molecule has 1 aliphatic rings. The topological polar surface area (TPSA) is 75.6 Å². The standard InChI is InChI=1S/C15H19NO4/c1-2-20-13-9-12(13)14(17)16-8-7-10-3-5-11(6-4-10)15(18)19/h3-6,12-13H,2,7-9H2,1H3,(H,16,17)(H,18,19)/t12-,13-/m1/s1. The van der Waals surface area contributed by atoms with Crippen LogP contribution in [-0.4, -0.2) is 36.2 Å². The predicted molar refractivity (Wildman–Crippen MR) is 73.6 cm³/mol. The maximum Gasteiger partial charge on any atom is 0.335 e. The van der Waals surface area contributed by atoms with Gasteiger partial charge in [-0.25, -0.2) is 4.79 Å². The largest absolute Gasteiger partial charge is 0.478 e. The highest BCUT2D eigenvalue weighted by atomic mass is 16.5. The Hall–Kier alpha value is -1.88. The summed E-state index contributed by atoms with van der Waals surface area (Å²) in [5.74, 6) is -0.879. The molecular formula is C15H19NO4. The SMILES string of the molecule is CCO[C@@H]1C[C@H]1C(=O)NCCc1ccc(C(=O)O)cc1. The predicted octanol–water partition coefficient (Wildman–Crippen LogP) is 1.47. The van der Waals surface area contributed by atoms with Crippen LogP contribution in [0, 0.1) is 5.92 Å². The molecule has 1 aliphatic carbocycles. The summed E-state index contributed by atoms with van der Waals surface area (Å²) >= 11 is 0. The number of rotatable bonds is 7. The molecule has 0 saturated heterocycles. The van der Waals surface area contributed by atoms with E-state index < -0.39 is 5.97 Å². The van der Waals surface area contributed by atoms with E-state index in [0.29, 0.717) is 19.6 Å². The van der Waals surface area contributed by atoms with Crippen LogP contribution in [0.3, 0.4) is 0 Å². The number of hydrogen-bond donors (Lipinski definition) is 2. The van der Waals surface area contributed by atoms with E-state index in [0.717, 1.165) is 12.0 Å². The van der Waals surface area contributed by atoms with Gasteiger partial charge in [0.2, 0.25) is 5.91 Å². The molecule has 2 rings (SSSR count). The number of hydrogen-bond acceptors (Lipinski definition) is 3. The van der Waals surface area contributed by atoms with E-state index in [1.54, 1.807) is 24.3 Å². The third-order valence-electron chi connectivity index (χ3n) is 3.36. The van der Waals surface area contributed by atoms with Crippen molar-refractivity contribution in [2.45, 2.75) is 25.9 Å². The Balaban J connectivity index is 1.71. The molecule has 0 aliphatic heterocycles. The molecule has 20 heavy (non-hydrogen) atoms. The quantitative estimate of drug-likeness (QED) is 0.791. The highest BCUT2D eigenvalue weighted by Gasteiger charge is 2.43. The fourth-order valence-electron chi connectivity index (χ4n) is 2.12. The number of carbonyl (C=O) groups excluding carboxylic acids is 1. The third kappa shape index (κ3) is 3.81. The summed E-state index contributed by atoms with van der Waals surface area (Å²) < 4.78 is 5.37. The summed E-state index contributed by atoms with van der Waals surface area (Å²) in [6, 6.07) is 6.70. The molecule has 1 amide bonds. The monoisotopic (exact) mass is 277 g/mol. The van der Waals surface area contributed by atoms with Gasteiger partial charge in [-0.2, -0.15) is 0 Å². The van der Waals surface area contributed by atoms with Crippen LogP contribution in [0.4, 0.5) is 0 Å². The summed E-state index contributed by atoms with van der Waals surface area (Å²) in [7, 11) is 0. The van der Waals surface area contributed by atoms with E-state index in [9.17, 15) is 9.59 Å². The van der Waals surface area contributed by atoms with Crippen molar-refractivity contribution >= 4 is 11.9 Å². The minimum Gasteiger partial charge on any atom is -0.478 e. The number of carboxylic acid groups (broad SMARTS) is 1. The molecule has 0 radical (unpaired) electrons. The zero-order valence-electron chi connectivity index (χ0n) is 11.5. The lowest BCUT2D eigenvalue weighted by atomic mass is 10.1.